The van der Waals surface area contributed by atoms with Crippen LogP contribution >= 0.6 is 0 Å². The molecule has 0 aromatic carbocycles. The maximum atomic E-state index is 14.6. The summed E-state index contributed by atoms with van der Waals surface area (Å²) >= 11 is 0. The van der Waals surface area contributed by atoms with E-state index in [1.807, 2.05) is 0 Å². The maximum absolute atomic E-state index is 14.6. The molecule has 0 radical (unpaired) electrons. The molecular weight excluding hydrogens is 444 g/mol. The molecular formula is C22H21F2N9O. The maximum Gasteiger partial charge on any atom is 0.270 e. The average Bonchev–Trinajstić information content (AvgIpc) is 3.24. The Morgan fingerprint density at radius 3 is 2.68 bits per heavy atom. The number of alkyl halides is 2. The van der Waals surface area contributed by atoms with Crippen molar-refractivity contribution in [1.82, 2.24) is 34.3 Å². The highest BCUT2D eigenvalue weighted by molar-refractivity contribution is 5.91. The quantitative estimate of drug-likeness (QED) is 0.483. The average molecular weight is 465 g/mol. The van der Waals surface area contributed by atoms with Crippen LogP contribution in [0.2, 0.25) is 0 Å². The number of nitrogens with zero attached hydrogens (tertiary/aromatic N) is 8. The molecule has 5 heterocycles. The van der Waals surface area contributed by atoms with Crippen LogP contribution in [0.3, 0.4) is 0 Å². The first kappa shape index (κ1) is 20.6. The number of pyridine rings is 1. The van der Waals surface area contributed by atoms with Crippen molar-refractivity contribution in [2.45, 2.75) is 31.7 Å². The Balaban J connectivity index is 1.16. The lowest BCUT2D eigenvalue weighted by Gasteiger charge is -2.39. The van der Waals surface area contributed by atoms with Crippen LogP contribution in [0.4, 0.5) is 20.3 Å². The van der Waals surface area contributed by atoms with Crippen molar-refractivity contribution in [3.63, 3.8) is 0 Å². The second-order valence-electron chi connectivity index (χ2n) is 8.82. The number of hydrogen-bond donors (Lipinski definition) is 1. The third-order valence-electron chi connectivity index (χ3n) is 6.63. The molecule has 1 aliphatic heterocycles. The van der Waals surface area contributed by atoms with Crippen LogP contribution in [0.25, 0.3) is 17.0 Å². The zero-order chi connectivity index (χ0) is 23.3. The predicted octanol–water partition coefficient (Wildman–Crippen LogP) is 2.67. The molecule has 1 amide bonds. The number of anilines is 2. The number of carbonyl (C=O) groups excluding carboxylic acids is 1. The fourth-order valence-corrected chi connectivity index (χ4v) is 4.43. The van der Waals surface area contributed by atoms with E-state index in [1.54, 1.807) is 46.5 Å². The molecule has 0 bridgehead atoms. The van der Waals surface area contributed by atoms with Crippen molar-refractivity contribution in [3.8, 4) is 5.82 Å². The standard InChI is InChI=1S/C22H21F2N9O/c23-22(24)13-31(7-5-21(22)3-4-21)18-11-26-16-10-28-33(20(16)30-18)12-19(34)29-15-1-2-17(27-9-15)32-8-6-25-14-32/h1-2,6,8-11,14H,3-5,7,12-13H2,(H,29,34). The Kier molecular flexibility index (Phi) is 4.57. The van der Waals surface area contributed by atoms with Crippen LogP contribution in [-0.4, -0.2) is 59.2 Å². The van der Waals surface area contributed by atoms with Gasteiger partial charge in [-0.25, -0.2) is 33.4 Å². The summed E-state index contributed by atoms with van der Waals surface area (Å²) in [7, 11) is 0. The number of fused-ring (bicyclic) bond motifs is 1. The van der Waals surface area contributed by atoms with Crippen molar-refractivity contribution in [1.29, 1.82) is 0 Å². The highest BCUT2D eigenvalue weighted by Crippen LogP contribution is 2.61. The van der Waals surface area contributed by atoms with E-state index in [0.29, 0.717) is 54.3 Å². The molecule has 0 unspecified atom stereocenters. The van der Waals surface area contributed by atoms with E-state index in [1.165, 1.54) is 17.1 Å². The number of aromatic nitrogens is 7. The monoisotopic (exact) mass is 465 g/mol. The Hall–Kier alpha value is -3.96. The molecule has 1 saturated heterocycles. The van der Waals surface area contributed by atoms with Crippen molar-refractivity contribution < 1.29 is 13.6 Å². The molecule has 0 atom stereocenters. The Morgan fingerprint density at radius 1 is 1.09 bits per heavy atom. The van der Waals surface area contributed by atoms with Gasteiger partial charge in [-0.15, -0.1) is 0 Å². The van der Waals surface area contributed by atoms with Crippen molar-refractivity contribution >= 4 is 28.6 Å². The molecule has 2 fully saturated rings. The van der Waals surface area contributed by atoms with E-state index >= 15 is 0 Å². The first-order valence-corrected chi connectivity index (χ1v) is 11.0. The van der Waals surface area contributed by atoms with E-state index < -0.39 is 11.3 Å². The van der Waals surface area contributed by atoms with Gasteiger partial charge in [0.2, 0.25) is 5.91 Å². The zero-order valence-electron chi connectivity index (χ0n) is 18.1. The molecule has 1 N–H and O–H groups in total. The molecule has 174 valence electrons. The molecule has 6 rings (SSSR count). The van der Waals surface area contributed by atoms with Crippen molar-refractivity contribution in [2.75, 3.05) is 23.3 Å². The number of rotatable bonds is 5. The largest absolute Gasteiger partial charge is 0.349 e. The third-order valence-corrected chi connectivity index (χ3v) is 6.63. The molecule has 1 spiro atoms. The number of imidazole rings is 1. The van der Waals surface area contributed by atoms with Crippen molar-refractivity contribution in [2.24, 2.45) is 5.41 Å². The first-order valence-electron chi connectivity index (χ1n) is 11.0. The van der Waals surface area contributed by atoms with E-state index in [0.717, 1.165) is 0 Å². The van der Waals surface area contributed by atoms with Gasteiger partial charge in [0, 0.05) is 24.4 Å². The van der Waals surface area contributed by atoms with Gasteiger partial charge in [0.05, 0.1) is 30.8 Å². The second-order valence-corrected chi connectivity index (χ2v) is 8.82. The van der Waals surface area contributed by atoms with Gasteiger partial charge in [-0.05, 0) is 31.4 Å². The topological polar surface area (TPSA) is 107 Å². The second kappa shape index (κ2) is 7.54. The lowest BCUT2D eigenvalue weighted by molar-refractivity contribution is -0.116. The lowest BCUT2D eigenvalue weighted by atomic mass is 9.89. The molecule has 4 aromatic rings. The van der Waals surface area contributed by atoms with Gasteiger partial charge in [0.25, 0.3) is 5.92 Å². The number of halogens is 2. The minimum Gasteiger partial charge on any atom is -0.349 e. The summed E-state index contributed by atoms with van der Waals surface area (Å²) in [5.41, 5.74) is 0.565. The Labute approximate surface area is 192 Å². The van der Waals surface area contributed by atoms with Crippen LogP contribution in [0.15, 0.2) is 49.4 Å². The van der Waals surface area contributed by atoms with Gasteiger partial charge >= 0.3 is 0 Å². The summed E-state index contributed by atoms with van der Waals surface area (Å²) in [6.07, 6.45) is 11.2. The minimum absolute atomic E-state index is 0.107. The van der Waals surface area contributed by atoms with Gasteiger partial charge < -0.3 is 10.2 Å². The SMILES string of the molecule is O=C(Cn1ncc2ncc(N3CCC4(CC4)C(F)(F)C3)nc21)Nc1ccc(-n2ccnc2)nc1. The van der Waals surface area contributed by atoms with Gasteiger partial charge in [0.1, 0.15) is 30.0 Å². The highest BCUT2D eigenvalue weighted by Gasteiger charge is 2.63. The summed E-state index contributed by atoms with van der Waals surface area (Å²) < 4.78 is 32.4. The van der Waals surface area contributed by atoms with Crippen LogP contribution in [0.5, 0.6) is 0 Å². The van der Waals surface area contributed by atoms with E-state index in [4.69, 9.17) is 0 Å². The summed E-state index contributed by atoms with van der Waals surface area (Å²) in [6, 6.07) is 3.50. The van der Waals surface area contributed by atoms with Gasteiger partial charge in [-0.3, -0.25) is 9.36 Å². The fraction of sp³-hybridized carbons (Fsp3) is 0.364. The smallest absolute Gasteiger partial charge is 0.270 e. The van der Waals surface area contributed by atoms with Gasteiger partial charge in [-0.1, -0.05) is 0 Å². The van der Waals surface area contributed by atoms with Crippen molar-refractivity contribution in [3.05, 3.63) is 49.4 Å². The molecule has 2 aliphatic rings. The lowest BCUT2D eigenvalue weighted by Crippen LogP contribution is -2.50. The fourth-order valence-electron chi connectivity index (χ4n) is 4.43. The van der Waals surface area contributed by atoms with Gasteiger partial charge in [0.15, 0.2) is 5.65 Å². The zero-order valence-corrected chi connectivity index (χ0v) is 18.1. The van der Waals surface area contributed by atoms with E-state index in [9.17, 15) is 13.6 Å². The van der Waals surface area contributed by atoms with Crippen LogP contribution in [0, 0.1) is 5.41 Å². The number of nitrogens with one attached hydrogen (secondary N) is 1. The Bertz CT molecular complexity index is 1350. The normalized spacial score (nSPS) is 18.4. The first-order chi connectivity index (χ1) is 16.4. The number of hydrogen-bond acceptors (Lipinski definition) is 7. The van der Waals surface area contributed by atoms with Crippen LogP contribution in [-0.2, 0) is 11.3 Å². The van der Waals surface area contributed by atoms with Gasteiger partial charge in [-0.2, -0.15) is 5.10 Å². The molecule has 10 nitrogen and oxygen atoms in total. The van der Waals surface area contributed by atoms with E-state index in [2.05, 4.69) is 30.4 Å². The summed E-state index contributed by atoms with van der Waals surface area (Å²) in [5.74, 6) is -2.03. The molecule has 12 heteroatoms. The van der Waals surface area contributed by atoms with Crippen LogP contribution < -0.4 is 10.2 Å². The third kappa shape index (κ3) is 3.55. The highest BCUT2D eigenvalue weighted by atomic mass is 19.3. The number of carbonyl (C=O) groups is 1. The molecule has 4 aromatic heterocycles. The Morgan fingerprint density at radius 2 is 1.97 bits per heavy atom. The summed E-state index contributed by atoms with van der Waals surface area (Å²) in [5, 5.41) is 6.99. The van der Waals surface area contributed by atoms with E-state index in [-0.39, 0.29) is 19.0 Å². The molecule has 1 saturated carbocycles. The summed E-state index contributed by atoms with van der Waals surface area (Å²) in [4.78, 5) is 31.3. The predicted molar refractivity (Wildman–Crippen MR) is 119 cm³/mol. The number of piperidine rings is 1. The summed E-state index contributed by atoms with van der Waals surface area (Å²) in [6.45, 7) is 0.0283. The molecule has 1 aliphatic carbocycles. The number of amides is 1. The minimum atomic E-state index is -2.75. The molecule has 34 heavy (non-hydrogen) atoms. The van der Waals surface area contributed by atoms with Crippen LogP contribution in [0.1, 0.15) is 19.3 Å².